The number of amides is 3. The van der Waals surface area contributed by atoms with Crippen molar-refractivity contribution >= 4 is 23.6 Å². The maximum atomic E-state index is 12.7. The zero-order valence-corrected chi connectivity index (χ0v) is 15.7. The Kier molecular flexibility index (Phi) is 4.64. The topological polar surface area (TPSA) is 70.2 Å². The SMILES string of the molecule is CC(=O)c1ccc(N2C[C@@H]3CN(C(=O)OC(C)(C)C)CCN3C2=O)cc1. The predicted octanol–water partition coefficient (Wildman–Crippen LogP) is 2.75. The molecule has 1 atom stereocenters. The van der Waals surface area contributed by atoms with Crippen LogP contribution in [0.2, 0.25) is 0 Å². The van der Waals surface area contributed by atoms with Gasteiger partial charge in [0.1, 0.15) is 5.60 Å². The number of nitrogens with zero attached hydrogens (tertiary/aromatic N) is 3. The van der Waals surface area contributed by atoms with Gasteiger partial charge in [0.15, 0.2) is 5.78 Å². The van der Waals surface area contributed by atoms with Gasteiger partial charge in [-0.15, -0.1) is 0 Å². The first-order valence-corrected chi connectivity index (χ1v) is 8.83. The molecule has 2 aliphatic heterocycles. The van der Waals surface area contributed by atoms with Crippen LogP contribution in [0.15, 0.2) is 24.3 Å². The molecule has 26 heavy (non-hydrogen) atoms. The molecule has 0 spiro atoms. The first kappa shape index (κ1) is 18.2. The molecule has 3 rings (SSSR count). The Balaban J connectivity index is 1.69. The number of ether oxygens (including phenoxy) is 1. The first-order chi connectivity index (χ1) is 12.2. The lowest BCUT2D eigenvalue weighted by atomic mass is 10.1. The summed E-state index contributed by atoms with van der Waals surface area (Å²) in [5, 5.41) is 0. The lowest BCUT2D eigenvalue weighted by Gasteiger charge is -2.36. The molecule has 0 saturated carbocycles. The van der Waals surface area contributed by atoms with E-state index in [1.165, 1.54) is 6.92 Å². The number of Topliss-reactive ketones (excluding diaryl/α,β-unsaturated/α-hetero) is 1. The summed E-state index contributed by atoms with van der Waals surface area (Å²) in [5.74, 6) is -0.00489. The fraction of sp³-hybridized carbons (Fsp3) is 0.526. The van der Waals surface area contributed by atoms with Crippen molar-refractivity contribution in [3.63, 3.8) is 0 Å². The molecule has 0 radical (unpaired) electrons. The first-order valence-electron chi connectivity index (χ1n) is 8.83. The highest BCUT2D eigenvalue weighted by atomic mass is 16.6. The molecule has 140 valence electrons. The molecule has 2 fully saturated rings. The minimum absolute atomic E-state index is 0.00489. The van der Waals surface area contributed by atoms with Gasteiger partial charge in [0.05, 0.1) is 6.04 Å². The molecule has 1 aromatic rings. The highest BCUT2D eigenvalue weighted by Gasteiger charge is 2.42. The van der Waals surface area contributed by atoms with E-state index in [1.807, 2.05) is 20.8 Å². The van der Waals surface area contributed by atoms with E-state index in [4.69, 9.17) is 4.74 Å². The van der Waals surface area contributed by atoms with E-state index < -0.39 is 5.60 Å². The summed E-state index contributed by atoms with van der Waals surface area (Å²) in [7, 11) is 0. The quantitative estimate of drug-likeness (QED) is 0.762. The third-order valence-corrected chi connectivity index (χ3v) is 4.59. The van der Waals surface area contributed by atoms with E-state index in [9.17, 15) is 14.4 Å². The van der Waals surface area contributed by atoms with Crippen LogP contribution in [0.4, 0.5) is 15.3 Å². The summed E-state index contributed by atoms with van der Waals surface area (Å²) < 4.78 is 5.44. The summed E-state index contributed by atoms with van der Waals surface area (Å²) in [4.78, 5) is 41.6. The largest absolute Gasteiger partial charge is 0.444 e. The lowest BCUT2D eigenvalue weighted by Crippen LogP contribution is -2.54. The van der Waals surface area contributed by atoms with Crippen molar-refractivity contribution in [2.45, 2.75) is 39.3 Å². The summed E-state index contributed by atoms with van der Waals surface area (Å²) in [6.07, 6.45) is -0.339. The Morgan fingerprint density at radius 2 is 1.73 bits per heavy atom. The number of hydrogen-bond donors (Lipinski definition) is 0. The number of hydrogen-bond acceptors (Lipinski definition) is 4. The molecule has 1 aromatic carbocycles. The van der Waals surface area contributed by atoms with Crippen LogP contribution >= 0.6 is 0 Å². The molecule has 0 aromatic heterocycles. The van der Waals surface area contributed by atoms with Crippen molar-refractivity contribution < 1.29 is 19.1 Å². The number of carbonyl (C=O) groups excluding carboxylic acids is 3. The zero-order chi connectivity index (χ0) is 19.1. The monoisotopic (exact) mass is 359 g/mol. The van der Waals surface area contributed by atoms with Crippen molar-refractivity contribution in [1.29, 1.82) is 0 Å². The number of ketones is 1. The van der Waals surface area contributed by atoms with Crippen LogP contribution in [0.3, 0.4) is 0 Å². The van der Waals surface area contributed by atoms with Crippen LogP contribution < -0.4 is 4.90 Å². The summed E-state index contributed by atoms with van der Waals surface area (Å²) >= 11 is 0. The molecule has 2 heterocycles. The number of piperazine rings is 1. The average molecular weight is 359 g/mol. The minimum atomic E-state index is -0.537. The van der Waals surface area contributed by atoms with Crippen molar-refractivity contribution in [3.8, 4) is 0 Å². The van der Waals surface area contributed by atoms with Crippen LogP contribution in [0.1, 0.15) is 38.1 Å². The number of benzene rings is 1. The van der Waals surface area contributed by atoms with Gasteiger partial charge in [0.2, 0.25) is 0 Å². The van der Waals surface area contributed by atoms with Gasteiger partial charge in [-0.3, -0.25) is 9.69 Å². The molecule has 0 N–H and O–H groups in total. The van der Waals surface area contributed by atoms with Crippen LogP contribution in [0.25, 0.3) is 0 Å². The number of urea groups is 1. The van der Waals surface area contributed by atoms with E-state index in [0.717, 1.165) is 5.69 Å². The number of anilines is 1. The Labute approximate surface area is 153 Å². The van der Waals surface area contributed by atoms with E-state index in [2.05, 4.69) is 0 Å². The summed E-state index contributed by atoms with van der Waals surface area (Å²) in [6.45, 7) is 8.97. The van der Waals surface area contributed by atoms with E-state index in [-0.39, 0.29) is 23.9 Å². The minimum Gasteiger partial charge on any atom is -0.444 e. The van der Waals surface area contributed by atoms with Crippen molar-refractivity contribution in [2.75, 3.05) is 31.1 Å². The standard InChI is InChI=1S/C19H25N3O4/c1-13(23)14-5-7-15(8-6-14)22-12-16-11-20(9-10-21(16)17(22)24)18(25)26-19(2,3)4/h5-8,16H,9-12H2,1-4H3/t16-/m0/s1. The molecule has 0 aliphatic carbocycles. The van der Waals surface area contributed by atoms with Gasteiger partial charge in [0.25, 0.3) is 0 Å². The maximum absolute atomic E-state index is 12.7. The average Bonchev–Trinajstić information content (AvgIpc) is 2.90. The van der Waals surface area contributed by atoms with Crippen LogP contribution in [-0.2, 0) is 4.74 Å². The smallest absolute Gasteiger partial charge is 0.410 e. The number of carbonyl (C=O) groups is 3. The number of rotatable bonds is 2. The molecule has 0 unspecified atom stereocenters. The second-order valence-electron chi connectivity index (χ2n) is 7.77. The maximum Gasteiger partial charge on any atom is 0.410 e. The molecular weight excluding hydrogens is 334 g/mol. The molecule has 2 saturated heterocycles. The third kappa shape index (κ3) is 3.66. The molecule has 0 bridgehead atoms. The van der Waals surface area contributed by atoms with Crippen molar-refractivity contribution in [3.05, 3.63) is 29.8 Å². The van der Waals surface area contributed by atoms with Gasteiger partial charge >= 0.3 is 12.1 Å². The summed E-state index contributed by atoms with van der Waals surface area (Å²) in [5.41, 5.74) is 0.844. The highest BCUT2D eigenvalue weighted by molar-refractivity contribution is 5.97. The lowest BCUT2D eigenvalue weighted by molar-refractivity contribution is 0.0128. The van der Waals surface area contributed by atoms with Crippen molar-refractivity contribution in [2.24, 2.45) is 0 Å². The second kappa shape index (κ2) is 6.63. The van der Waals surface area contributed by atoms with E-state index >= 15 is 0 Å². The summed E-state index contributed by atoms with van der Waals surface area (Å²) in [6, 6.07) is 6.92. The Bertz CT molecular complexity index is 723. The Morgan fingerprint density at radius 3 is 2.31 bits per heavy atom. The normalized spacial score (nSPS) is 20.2. The van der Waals surface area contributed by atoms with Gasteiger partial charge in [-0.2, -0.15) is 0 Å². The van der Waals surface area contributed by atoms with E-state index in [1.54, 1.807) is 39.0 Å². The van der Waals surface area contributed by atoms with E-state index in [0.29, 0.717) is 31.7 Å². The predicted molar refractivity (Wildman–Crippen MR) is 97.5 cm³/mol. The van der Waals surface area contributed by atoms with Crippen LogP contribution in [0.5, 0.6) is 0 Å². The molecule has 7 heteroatoms. The van der Waals surface area contributed by atoms with Gasteiger partial charge in [0, 0.05) is 37.4 Å². The number of fused-ring (bicyclic) bond motifs is 1. The molecule has 2 aliphatic rings. The van der Waals surface area contributed by atoms with Crippen LogP contribution in [0, 0.1) is 0 Å². The highest BCUT2D eigenvalue weighted by Crippen LogP contribution is 2.27. The van der Waals surface area contributed by atoms with Gasteiger partial charge < -0.3 is 14.5 Å². The fourth-order valence-electron chi connectivity index (χ4n) is 3.29. The molecular formula is C19H25N3O4. The van der Waals surface area contributed by atoms with Crippen molar-refractivity contribution in [1.82, 2.24) is 9.80 Å². The molecule has 7 nitrogen and oxygen atoms in total. The van der Waals surface area contributed by atoms with Gasteiger partial charge in [-0.05, 0) is 52.0 Å². The molecule has 3 amide bonds. The Morgan fingerprint density at radius 1 is 1.08 bits per heavy atom. The zero-order valence-electron chi connectivity index (χ0n) is 15.7. The second-order valence-corrected chi connectivity index (χ2v) is 7.77. The van der Waals surface area contributed by atoms with Gasteiger partial charge in [-0.25, -0.2) is 9.59 Å². The van der Waals surface area contributed by atoms with Gasteiger partial charge in [-0.1, -0.05) is 0 Å². The third-order valence-electron chi connectivity index (χ3n) is 4.59. The fourth-order valence-corrected chi connectivity index (χ4v) is 3.29. The van der Waals surface area contributed by atoms with Crippen LogP contribution in [-0.4, -0.2) is 65.5 Å². The Hall–Kier alpha value is -2.57.